The Morgan fingerprint density at radius 3 is 2.59 bits per heavy atom. The van der Waals surface area contributed by atoms with Crippen LogP contribution in [0, 0.1) is 17.2 Å². The Bertz CT molecular complexity index is 1370. The van der Waals surface area contributed by atoms with Crippen LogP contribution in [0.4, 0.5) is 11.5 Å². The summed E-state index contributed by atoms with van der Waals surface area (Å²) < 4.78 is 28.8. The third-order valence-electron chi connectivity index (χ3n) is 6.39. The van der Waals surface area contributed by atoms with Crippen LogP contribution < -0.4 is 10.9 Å². The van der Waals surface area contributed by atoms with E-state index in [0.29, 0.717) is 41.3 Å². The SMILES string of the molecule is C[C@@H]1CCN1S(=O)(=O)c1ccc(Nc2nn([C@@H](CC#N)C3CC3)c3cc[nH]c(=O)c23)cc1. The second-order valence-electron chi connectivity index (χ2n) is 8.53. The molecular formula is C22H24N6O3S. The largest absolute Gasteiger partial charge is 0.338 e. The van der Waals surface area contributed by atoms with E-state index in [9.17, 15) is 18.5 Å². The predicted molar refractivity (Wildman–Crippen MR) is 120 cm³/mol. The molecule has 2 aromatic heterocycles. The van der Waals surface area contributed by atoms with Gasteiger partial charge in [0.2, 0.25) is 10.0 Å². The number of nitrogens with one attached hydrogen (secondary N) is 2. The highest BCUT2D eigenvalue weighted by atomic mass is 32.2. The van der Waals surface area contributed by atoms with Crippen molar-refractivity contribution in [2.45, 2.75) is 49.6 Å². The van der Waals surface area contributed by atoms with Crippen molar-refractivity contribution in [1.82, 2.24) is 19.1 Å². The maximum absolute atomic E-state index is 12.7. The van der Waals surface area contributed by atoms with Gasteiger partial charge in [-0.25, -0.2) is 8.42 Å². The van der Waals surface area contributed by atoms with Crippen LogP contribution in [0.15, 0.2) is 46.2 Å². The van der Waals surface area contributed by atoms with E-state index in [4.69, 9.17) is 0 Å². The number of sulfonamides is 1. The number of nitrogens with zero attached hydrogens (tertiary/aromatic N) is 4. The molecule has 10 heteroatoms. The van der Waals surface area contributed by atoms with Gasteiger partial charge in [-0.15, -0.1) is 0 Å². The van der Waals surface area contributed by atoms with Gasteiger partial charge in [0.05, 0.1) is 28.9 Å². The molecule has 2 fully saturated rings. The summed E-state index contributed by atoms with van der Waals surface area (Å²) in [5.41, 5.74) is 1.03. The zero-order chi connectivity index (χ0) is 22.5. The molecule has 1 aliphatic carbocycles. The van der Waals surface area contributed by atoms with Crippen LogP contribution in [0.5, 0.6) is 0 Å². The Morgan fingerprint density at radius 1 is 1.25 bits per heavy atom. The van der Waals surface area contributed by atoms with Crippen molar-refractivity contribution >= 4 is 32.4 Å². The second-order valence-corrected chi connectivity index (χ2v) is 10.4. The van der Waals surface area contributed by atoms with E-state index in [1.807, 2.05) is 6.92 Å². The Kier molecular flexibility index (Phi) is 5.03. The number of fused-ring (bicyclic) bond motifs is 1. The fourth-order valence-electron chi connectivity index (χ4n) is 4.30. The average Bonchev–Trinajstić information content (AvgIpc) is 3.53. The van der Waals surface area contributed by atoms with Crippen LogP contribution in [0.1, 0.15) is 38.6 Å². The minimum atomic E-state index is -3.50. The van der Waals surface area contributed by atoms with Gasteiger partial charge in [0.25, 0.3) is 5.56 Å². The second kappa shape index (κ2) is 7.76. The number of pyridine rings is 1. The first kappa shape index (κ1) is 20.7. The minimum absolute atomic E-state index is 0.0210. The number of aromatic nitrogens is 3. The van der Waals surface area contributed by atoms with Gasteiger partial charge >= 0.3 is 0 Å². The number of H-pyrrole nitrogens is 1. The molecule has 0 bridgehead atoms. The first-order valence-corrected chi connectivity index (χ1v) is 12.2. The van der Waals surface area contributed by atoms with E-state index in [0.717, 1.165) is 19.3 Å². The summed E-state index contributed by atoms with van der Waals surface area (Å²) in [5, 5.41) is 17.5. The fourth-order valence-corrected chi connectivity index (χ4v) is 5.98. The van der Waals surface area contributed by atoms with E-state index in [1.54, 1.807) is 41.2 Å². The molecule has 0 unspecified atom stereocenters. The summed E-state index contributed by atoms with van der Waals surface area (Å²) >= 11 is 0. The van der Waals surface area contributed by atoms with Gasteiger partial charge in [0, 0.05) is 24.5 Å². The molecule has 32 heavy (non-hydrogen) atoms. The van der Waals surface area contributed by atoms with Crippen LogP contribution in [0.3, 0.4) is 0 Å². The van der Waals surface area contributed by atoms with Gasteiger partial charge in [0.1, 0.15) is 5.39 Å². The van der Waals surface area contributed by atoms with Crippen LogP contribution in [0.2, 0.25) is 0 Å². The van der Waals surface area contributed by atoms with Crippen molar-refractivity contribution in [1.29, 1.82) is 5.26 Å². The third-order valence-corrected chi connectivity index (χ3v) is 8.42. The van der Waals surface area contributed by atoms with Crippen LogP contribution in [-0.4, -0.2) is 40.1 Å². The zero-order valence-corrected chi connectivity index (χ0v) is 18.5. The number of anilines is 2. The zero-order valence-electron chi connectivity index (χ0n) is 17.7. The van der Waals surface area contributed by atoms with Gasteiger partial charge in [-0.2, -0.15) is 14.7 Å². The number of benzene rings is 1. The molecule has 3 aromatic rings. The van der Waals surface area contributed by atoms with Crippen molar-refractivity contribution < 1.29 is 8.42 Å². The van der Waals surface area contributed by atoms with Crippen LogP contribution >= 0.6 is 0 Å². The monoisotopic (exact) mass is 452 g/mol. The third kappa shape index (κ3) is 3.47. The van der Waals surface area contributed by atoms with Crippen molar-refractivity contribution in [2.75, 3.05) is 11.9 Å². The lowest BCUT2D eigenvalue weighted by atomic mass is 10.1. The molecule has 2 N–H and O–H groups in total. The lowest BCUT2D eigenvalue weighted by molar-refractivity contribution is 0.217. The Hall–Kier alpha value is -3.16. The molecule has 2 aliphatic rings. The van der Waals surface area contributed by atoms with Gasteiger partial charge in [0.15, 0.2) is 5.82 Å². The summed E-state index contributed by atoms with van der Waals surface area (Å²) in [5.74, 6) is 0.774. The molecule has 5 rings (SSSR count). The fraction of sp³-hybridized carbons (Fsp3) is 0.409. The molecule has 9 nitrogen and oxygen atoms in total. The van der Waals surface area contributed by atoms with E-state index in [-0.39, 0.29) is 22.5 Å². The van der Waals surface area contributed by atoms with E-state index in [1.165, 1.54) is 4.31 Å². The van der Waals surface area contributed by atoms with Crippen LogP contribution in [-0.2, 0) is 10.0 Å². The number of rotatable bonds is 7. The molecule has 2 atom stereocenters. The topological polar surface area (TPSA) is 124 Å². The smallest absolute Gasteiger partial charge is 0.261 e. The number of hydrogen-bond acceptors (Lipinski definition) is 6. The molecule has 1 aliphatic heterocycles. The molecular weight excluding hydrogens is 428 g/mol. The highest BCUT2D eigenvalue weighted by molar-refractivity contribution is 7.89. The molecule has 1 aromatic carbocycles. The molecule has 1 saturated carbocycles. The van der Waals surface area contributed by atoms with Gasteiger partial charge < -0.3 is 10.3 Å². The number of aromatic amines is 1. The van der Waals surface area contributed by atoms with Crippen molar-refractivity contribution in [3.8, 4) is 6.07 Å². The lowest BCUT2D eigenvalue weighted by Crippen LogP contribution is -2.49. The minimum Gasteiger partial charge on any atom is -0.338 e. The molecule has 0 spiro atoms. The van der Waals surface area contributed by atoms with Gasteiger partial charge in [-0.3, -0.25) is 9.48 Å². The Labute approximate surface area is 185 Å². The standard InChI is InChI=1S/C22H24N6O3S/c1-14-10-13-27(14)32(30,31)17-6-4-16(5-7-17)25-21-20-19(9-12-24-22(20)29)28(26-21)18(8-11-23)15-2-3-15/h4-7,9,12,14-15,18H,2-3,8,10,13H2,1H3,(H,24,29)(H,25,26)/t14-,18+/m1/s1. The van der Waals surface area contributed by atoms with Crippen LogP contribution in [0.25, 0.3) is 10.9 Å². The van der Waals surface area contributed by atoms with E-state index < -0.39 is 10.0 Å². The highest BCUT2D eigenvalue weighted by Gasteiger charge is 2.36. The first-order valence-electron chi connectivity index (χ1n) is 10.8. The van der Waals surface area contributed by atoms with Crippen molar-refractivity contribution in [3.05, 3.63) is 46.9 Å². The normalized spacial score (nSPS) is 19.9. The molecule has 0 radical (unpaired) electrons. The summed E-state index contributed by atoms with van der Waals surface area (Å²) in [6, 6.07) is 10.5. The van der Waals surface area contributed by atoms with Crippen molar-refractivity contribution in [2.24, 2.45) is 5.92 Å². The Morgan fingerprint density at radius 2 is 2.00 bits per heavy atom. The van der Waals surface area contributed by atoms with Gasteiger partial charge in [-0.1, -0.05) is 0 Å². The number of hydrogen-bond donors (Lipinski definition) is 2. The van der Waals surface area contributed by atoms with E-state index in [2.05, 4.69) is 21.5 Å². The molecule has 166 valence electrons. The molecule has 0 amide bonds. The maximum atomic E-state index is 12.7. The lowest BCUT2D eigenvalue weighted by Gasteiger charge is -2.37. The average molecular weight is 453 g/mol. The Balaban J connectivity index is 1.48. The molecule has 3 heterocycles. The van der Waals surface area contributed by atoms with Crippen molar-refractivity contribution in [3.63, 3.8) is 0 Å². The van der Waals surface area contributed by atoms with E-state index >= 15 is 0 Å². The summed E-state index contributed by atoms with van der Waals surface area (Å²) in [6.07, 6.45) is 4.88. The molecule has 1 saturated heterocycles. The van der Waals surface area contributed by atoms with Gasteiger partial charge in [-0.05, 0) is 62.4 Å². The summed E-state index contributed by atoms with van der Waals surface area (Å²) in [6.45, 7) is 2.44. The highest BCUT2D eigenvalue weighted by Crippen LogP contribution is 2.43. The predicted octanol–water partition coefficient (Wildman–Crippen LogP) is 3.12. The number of nitriles is 1. The first-order chi connectivity index (χ1) is 15.4. The summed E-state index contributed by atoms with van der Waals surface area (Å²) in [7, 11) is -3.50. The maximum Gasteiger partial charge on any atom is 0.261 e. The summed E-state index contributed by atoms with van der Waals surface area (Å²) in [4.78, 5) is 15.5. The quantitative estimate of drug-likeness (QED) is 0.568.